The molecule has 3 aromatic carbocycles. The quantitative estimate of drug-likeness (QED) is 0.450. The van der Waals surface area contributed by atoms with Crippen molar-refractivity contribution in [3.05, 3.63) is 83.4 Å². The zero-order valence-corrected chi connectivity index (χ0v) is 19.2. The number of hydrogen-bond acceptors (Lipinski definition) is 6. The van der Waals surface area contributed by atoms with Gasteiger partial charge in [-0.15, -0.1) is 0 Å². The van der Waals surface area contributed by atoms with E-state index in [-0.39, 0.29) is 13.2 Å². The molecule has 0 aliphatic heterocycles. The average Bonchev–Trinajstić information content (AvgIpc) is 2.87. The number of carbonyl (C=O) groups excluding carboxylic acids is 2. The van der Waals surface area contributed by atoms with E-state index in [0.717, 1.165) is 16.7 Å². The molecule has 0 atom stereocenters. The minimum absolute atomic E-state index is 0.0758. The number of esters is 1. The number of rotatable bonds is 10. The van der Waals surface area contributed by atoms with Crippen molar-refractivity contribution >= 4 is 11.9 Å². The van der Waals surface area contributed by atoms with Crippen LogP contribution in [-0.4, -0.2) is 31.6 Å². The van der Waals surface area contributed by atoms with Crippen LogP contribution in [0.4, 0.5) is 0 Å². The zero-order valence-electron chi connectivity index (χ0n) is 19.2. The molecule has 1 amide bonds. The smallest absolute Gasteiger partial charge is 0.325 e. The minimum Gasteiger partial charge on any atom is -0.490 e. The minimum atomic E-state index is -0.553. The maximum Gasteiger partial charge on any atom is 0.325 e. The summed E-state index contributed by atoms with van der Waals surface area (Å²) >= 11 is 0. The van der Waals surface area contributed by atoms with Crippen LogP contribution in [0.1, 0.15) is 35.3 Å². The molecule has 0 spiro atoms. The maximum atomic E-state index is 12.4. The molecular formula is C27H26N2O5. The Balaban J connectivity index is 1.52. The molecule has 3 rings (SSSR count). The van der Waals surface area contributed by atoms with Crippen LogP contribution in [0.25, 0.3) is 11.1 Å². The molecule has 0 saturated carbocycles. The third kappa shape index (κ3) is 6.36. The van der Waals surface area contributed by atoms with Crippen LogP contribution in [0, 0.1) is 11.3 Å². The third-order valence-corrected chi connectivity index (χ3v) is 4.91. The van der Waals surface area contributed by atoms with Crippen molar-refractivity contribution in [1.29, 1.82) is 5.26 Å². The van der Waals surface area contributed by atoms with Crippen LogP contribution in [0.15, 0.2) is 66.7 Å². The molecule has 0 fully saturated rings. The fraction of sp³-hybridized carbons (Fsp3) is 0.222. The van der Waals surface area contributed by atoms with E-state index >= 15 is 0 Å². The summed E-state index contributed by atoms with van der Waals surface area (Å²) in [6, 6.07) is 21.8. The second-order valence-electron chi connectivity index (χ2n) is 7.23. The largest absolute Gasteiger partial charge is 0.490 e. The van der Waals surface area contributed by atoms with Crippen LogP contribution in [-0.2, 0) is 16.1 Å². The van der Waals surface area contributed by atoms with Crippen molar-refractivity contribution in [3.63, 3.8) is 0 Å². The molecule has 0 bridgehead atoms. The number of nitrogens with one attached hydrogen (secondary N) is 1. The standard InChI is InChI=1S/C27H26N2O5/c1-3-32-24-14-13-21(15-25(24)33-4-2)27(31)29-17-26(30)34-18-19-9-11-20(12-10-19)23-8-6-5-7-22(23)16-28/h5-15H,3-4,17-18H2,1-2H3,(H,29,31). The molecule has 7 heteroatoms. The Hall–Kier alpha value is -4.31. The lowest BCUT2D eigenvalue weighted by Crippen LogP contribution is -2.30. The zero-order chi connectivity index (χ0) is 24.3. The predicted octanol–water partition coefficient (Wildman–Crippen LogP) is 4.50. The number of carbonyl (C=O) groups is 2. The van der Waals surface area contributed by atoms with E-state index in [4.69, 9.17) is 14.2 Å². The highest BCUT2D eigenvalue weighted by Gasteiger charge is 2.13. The van der Waals surface area contributed by atoms with Crippen LogP contribution < -0.4 is 14.8 Å². The lowest BCUT2D eigenvalue weighted by Gasteiger charge is -2.12. The summed E-state index contributed by atoms with van der Waals surface area (Å²) in [6.07, 6.45) is 0. The van der Waals surface area contributed by atoms with Gasteiger partial charge in [0.1, 0.15) is 13.2 Å². The monoisotopic (exact) mass is 458 g/mol. The van der Waals surface area contributed by atoms with Gasteiger partial charge in [-0.25, -0.2) is 0 Å². The normalized spacial score (nSPS) is 10.1. The van der Waals surface area contributed by atoms with E-state index in [1.807, 2.05) is 56.3 Å². The molecule has 0 aromatic heterocycles. The third-order valence-electron chi connectivity index (χ3n) is 4.91. The van der Waals surface area contributed by atoms with Crippen molar-refractivity contribution in [2.45, 2.75) is 20.5 Å². The molecule has 1 N–H and O–H groups in total. The molecule has 0 heterocycles. The van der Waals surface area contributed by atoms with Crippen LogP contribution in [0.2, 0.25) is 0 Å². The molecule has 7 nitrogen and oxygen atoms in total. The van der Waals surface area contributed by atoms with Crippen LogP contribution >= 0.6 is 0 Å². The molecule has 0 saturated heterocycles. The highest BCUT2D eigenvalue weighted by atomic mass is 16.5. The fourth-order valence-electron chi connectivity index (χ4n) is 3.27. The van der Waals surface area contributed by atoms with Crippen LogP contribution in [0.5, 0.6) is 11.5 Å². The van der Waals surface area contributed by atoms with Gasteiger partial charge in [-0.2, -0.15) is 5.26 Å². The van der Waals surface area contributed by atoms with E-state index in [1.54, 1.807) is 24.3 Å². The summed E-state index contributed by atoms with van der Waals surface area (Å²) in [5.41, 5.74) is 3.50. The average molecular weight is 459 g/mol. The molecule has 0 radical (unpaired) electrons. The van der Waals surface area contributed by atoms with Gasteiger partial charge >= 0.3 is 5.97 Å². The molecular weight excluding hydrogens is 432 g/mol. The van der Waals surface area contributed by atoms with Gasteiger partial charge < -0.3 is 19.5 Å². The van der Waals surface area contributed by atoms with E-state index in [9.17, 15) is 14.9 Å². The lowest BCUT2D eigenvalue weighted by atomic mass is 9.99. The van der Waals surface area contributed by atoms with Gasteiger partial charge in [-0.3, -0.25) is 9.59 Å². The summed E-state index contributed by atoms with van der Waals surface area (Å²) in [6.45, 7) is 4.44. The molecule has 0 aliphatic carbocycles. The fourth-order valence-corrected chi connectivity index (χ4v) is 3.27. The first kappa shape index (κ1) is 24.3. The lowest BCUT2D eigenvalue weighted by molar-refractivity contribution is -0.143. The highest BCUT2D eigenvalue weighted by molar-refractivity contribution is 5.96. The van der Waals surface area contributed by atoms with Gasteiger partial charge in [0.05, 0.1) is 24.8 Å². The van der Waals surface area contributed by atoms with E-state index in [1.165, 1.54) is 0 Å². The topological polar surface area (TPSA) is 97.6 Å². The van der Waals surface area contributed by atoms with Gasteiger partial charge in [-0.05, 0) is 54.8 Å². The first-order valence-corrected chi connectivity index (χ1v) is 11.0. The molecule has 174 valence electrons. The first-order valence-electron chi connectivity index (χ1n) is 11.0. The highest BCUT2D eigenvalue weighted by Crippen LogP contribution is 2.28. The van der Waals surface area contributed by atoms with Crippen molar-refractivity contribution in [1.82, 2.24) is 5.32 Å². The SMILES string of the molecule is CCOc1ccc(C(=O)NCC(=O)OCc2ccc(-c3ccccc3C#N)cc2)cc1OCC. The Morgan fingerprint density at radius 3 is 2.32 bits per heavy atom. The van der Waals surface area contributed by atoms with Gasteiger partial charge in [0, 0.05) is 5.56 Å². The number of ether oxygens (including phenoxy) is 3. The van der Waals surface area contributed by atoms with Gasteiger partial charge in [0.25, 0.3) is 5.91 Å². The Kier molecular flexibility index (Phi) is 8.64. The number of benzene rings is 3. The first-order chi connectivity index (χ1) is 16.5. The Bertz CT molecular complexity index is 1180. The Labute approximate surface area is 198 Å². The Morgan fingerprint density at radius 2 is 1.62 bits per heavy atom. The summed E-state index contributed by atoms with van der Waals surface area (Å²) in [5, 5.41) is 11.8. The summed E-state index contributed by atoms with van der Waals surface area (Å²) in [7, 11) is 0. The van der Waals surface area contributed by atoms with Crippen molar-refractivity contribution in [2.24, 2.45) is 0 Å². The van der Waals surface area contributed by atoms with Crippen LogP contribution in [0.3, 0.4) is 0 Å². The van der Waals surface area contributed by atoms with E-state index < -0.39 is 11.9 Å². The predicted molar refractivity (Wildman–Crippen MR) is 128 cm³/mol. The summed E-state index contributed by atoms with van der Waals surface area (Å²) in [5.74, 6) is 0.0625. The van der Waals surface area contributed by atoms with Gasteiger partial charge in [0.15, 0.2) is 11.5 Å². The molecule has 3 aromatic rings. The van der Waals surface area contributed by atoms with Gasteiger partial charge in [0.2, 0.25) is 0 Å². The maximum absolute atomic E-state index is 12.4. The van der Waals surface area contributed by atoms with Crippen molar-refractivity contribution in [2.75, 3.05) is 19.8 Å². The number of nitrogens with zero attached hydrogens (tertiary/aromatic N) is 1. The van der Waals surface area contributed by atoms with E-state index in [0.29, 0.717) is 35.8 Å². The summed E-state index contributed by atoms with van der Waals surface area (Å²) in [4.78, 5) is 24.6. The molecule has 0 unspecified atom stereocenters. The van der Waals surface area contributed by atoms with E-state index in [2.05, 4.69) is 11.4 Å². The van der Waals surface area contributed by atoms with Crippen molar-refractivity contribution in [3.8, 4) is 28.7 Å². The number of hydrogen-bond donors (Lipinski definition) is 1. The summed E-state index contributed by atoms with van der Waals surface area (Å²) < 4.78 is 16.3. The Morgan fingerprint density at radius 1 is 0.912 bits per heavy atom. The van der Waals surface area contributed by atoms with Gasteiger partial charge in [-0.1, -0.05) is 42.5 Å². The second kappa shape index (κ2) is 12.1. The number of nitriles is 1. The molecule has 34 heavy (non-hydrogen) atoms. The molecule has 0 aliphatic rings. The second-order valence-corrected chi connectivity index (χ2v) is 7.23. The number of amides is 1. The van der Waals surface area contributed by atoms with Crippen molar-refractivity contribution < 1.29 is 23.8 Å².